The second kappa shape index (κ2) is 9.01. The van der Waals surface area contributed by atoms with Crippen LogP contribution in [0.5, 0.6) is 0 Å². The molecule has 1 amide bonds. The van der Waals surface area contributed by atoms with Gasteiger partial charge in [0.05, 0.1) is 6.04 Å². The molecule has 19 heavy (non-hydrogen) atoms. The summed E-state index contributed by atoms with van der Waals surface area (Å²) in [6.45, 7) is 10.7. The molecule has 2 heterocycles. The predicted molar refractivity (Wildman–Crippen MR) is 83.4 cm³/mol. The zero-order valence-electron chi connectivity index (χ0n) is 11.9. The first-order valence-electron chi connectivity index (χ1n) is 6.91. The summed E-state index contributed by atoms with van der Waals surface area (Å²) >= 11 is 0. The number of nitrogens with one attached hydrogen (secondary N) is 1. The first-order valence-corrected chi connectivity index (χ1v) is 6.91. The first kappa shape index (κ1) is 19.0. The van der Waals surface area contributed by atoms with Crippen molar-refractivity contribution in [1.82, 2.24) is 15.1 Å². The molecule has 2 saturated heterocycles. The Hall–Kier alpha value is -0.0300. The Balaban J connectivity index is 0.00000162. The molecule has 0 radical (unpaired) electrons. The predicted octanol–water partition coefficient (Wildman–Crippen LogP) is 1.38. The van der Waals surface area contributed by atoms with Crippen LogP contribution >= 0.6 is 24.8 Å². The van der Waals surface area contributed by atoms with Crippen LogP contribution in [0.4, 0.5) is 0 Å². The molecular weight excluding hydrogens is 285 g/mol. The minimum atomic E-state index is 0. The standard InChI is InChI=1S/C13H25N3O.2ClH/c1-11(2)10-15-6-3-7-16(9-8-15)13(17)12-4-5-14-12;;/h11-12,14H,3-10H2,1-2H3;2*1H. The fraction of sp³-hybridized carbons (Fsp3) is 0.923. The third-order valence-electron chi connectivity index (χ3n) is 3.65. The maximum atomic E-state index is 12.1. The van der Waals surface area contributed by atoms with Crippen molar-refractivity contribution in [3.05, 3.63) is 0 Å². The highest BCUT2D eigenvalue weighted by Gasteiger charge is 2.29. The summed E-state index contributed by atoms with van der Waals surface area (Å²) in [4.78, 5) is 16.7. The number of amides is 1. The van der Waals surface area contributed by atoms with Gasteiger partial charge >= 0.3 is 0 Å². The van der Waals surface area contributed by atoms with Crippen molar-refractivity contribution in [2.24, 2.45) is 5.92 Å². The van der Waals surface area contributed by atoms with Gasteiger partial charge in [-0.25, -0.2) is 0 Å². The van der Waals surface area contributed by atoms with Gasteiger partial charge in [0.2, 0.25) is 5.91 Å². The molecule has 0 aromatic rings. The molecule has 0 bridgehead atoms. The molecule has 6 heteroatoms. The molecule has 0 saturated carbocycles. The van der Waals surface area contributed by atoms with Gasteiger partial charge in [-0.15, -0.1) is 24.8 Å². The van der Waals surface area contributed by atoms with Crippen LogP contribution in [0.15, 0.2) is 0 Å². The minimum Gasteiger partial charge on any atom is -0.340 e. The Morgan fingerprint density at radius 2 is 1.89 bits per heavy atom. The second-order valence-corrected chi connectivity index (χ2v) is 5.67. The molecule has 0 aromatic heterocycles. The van der Waals surface area contributed by atoms with Gasteiger partial charge in [0, 0.05) is 26.2 Å². The van der Waals surface area contributed by atoms with E-state index in [9.17, 15) is 4.79 Å². The van der Waals surface area contributed by atoms with Crippen LogP contribution in [0.1, 0.15) is 26.7 Å². The van der Waals surface area contributed by atoms with Crippen molar-refractivity contribution in [2.75, 3.05) is 39.3 Å². The molecule has 1 atom stereocenters. The molecule has 4 nitrogen and oxygen atoms in total. The van der Waals surface area contributed by atoms with Crippen molar-refractivity contribution in [1.29, 1.82) is 0 Å². The van der Waals surface area contributed by atoms with E-state index in [4.69, 9.17) is 0 Å². The third-order valence-corrected chi connectivity index (χ3v) is 3.65. The lowest BCUT2D eigenvalue weighted by atomic mass is 10.1. The number of halogens is 2. The lowest BCUT2D eigenvalue weighted by Gasteiger charge is -2.32. The van der Waals surface area contributed by atoms with E-state index in [1.54, 1.807) is 0 Å². The van der Waals surface area contributed by atoms with E-state index in [2.05, 4.69) is 29.0 Å². The van der Waals surface area contributed by atoms with Crippen molar-refractivity contribution in [2.45, 2.75) is 32.7 Å². The zero-order valence-corrected chi connectivity index (χ0v) is 13.6. The molecule has 2 fully saturated rings. The summed E-state index contributed by atoms with van der Waals surface area (Å²) in [5, 5.41) is 3.20. The van der Waals surface area contributed by atoms with Crippen LogP contribution < -0.4 is 5.32 Å². The Kier molecular flexibility index (Phi) is 8.99. The van der Waals surface area contributed by atoms with Crippen LogP contribution in [0.2, 0.25) is 0 Å². The average Bonchev–Trinajstić information content (AvgIpc) is 2.39. The lowest BCUT2D eigenvalue weighted by molar-refractivity contribution is -0.135. The van der Waals surface area contributed by atoms with Gasteiger partial charge in [-0.2, -0.15) is 0 Å². The SMILES string of the molecule is CC(C)CN1CCCN(C(=O)C2CCN2)CC1.Cl.Cl. The van der Waals surface area contributed by atoms with E-state index in [-0.39, 0.29) is 30.9 Å². The van der Waals surface area contributed by atoms with E-state index in [1.165, 1.54) is 0 Å². The lowest BCUT2D eigenvalue weighted by Crippen LogP contribution is -2.55. The van der Waals surface area contributed by atoms with Crippen LogP contribution in [-0.2, 0) is 4.79 Å². The molecule has 0 aromatic carbocycles. The van der Waals surface area contributed by atoms with Gasteiger partial charge in [-0.1, -0.05) is 13.8 Å². The van der Waals surface area contributed by atoms with Crippen LogP contribution in [0.3, 0.4) is 0 Å². The Labute approximate surface area is 129 Å². The minimum absolute atomic E-state index is 0. The largest absolute Gasteiger partial charge is 0.340 e. The van der Waals surface area contributed by atoms with Gasteiger partial charge in [0.15, 0.2) is 0 Å². The second-order valence-electron chi connectivity index (χ2n) is 5.67. The monoisotopic (exact) mass is 311 g/mol. The quantitative estimate of drug-likeness (QED) is 0.855. The first-order chi connectivity index (χ1) is 8.16. The Bertz CT molecular complexity index is 273. The number of hydrogen-bond donors (Lipinski definition) is 1. The van der Waals surface area contributed by atoms with Crippen LogP contribution in [0, 0.1) is 5.92 Å². The molecule has 2 aliphatic rings. The summed E-state index contributed by atoms with van der Waals surface area (Å²) in [5.41, 5.74) is 0. The average molecular weight is 312 g/mol. The summed E-state index contributed by atoms with van der Waals surface area (Å²) < 4.78 is 0. The highest BCUT2D eigenvalue weighted by Crippen LogP contribution is 2.11. The van der Waals surface area contributed by atoms with Gasteiger partial charge in [-0.05, 0) is 31.8 Å². The molecular formula is C13H27Cl2N3O. The molecule has 114 valence electrons. The normalized spacial score (nSPS) is 23.9. The van der Waals surface area contributed by atoms with Crippen LogP contribution in [0.25, 0.3) is 0 Å². The van der Waals surface area contributed by atoms with Crippen molar-refractivity contribution in [3.8, 4) is 0 Å². The van der Waals surface area contributed by atoms with Gasteiger partial charge in [0.25, 0.3) is 0 Å². The van der Waals surface area contributed by atoms with E-state index in [0.29, 0.717) is 11.8 Å². The van der Waals surface area contributed by atoms with E-state index in [0.717, 1.165) is 52.1 Å². The number of carbonyl (C=O) groups is 1. The summed E-state index contributed by atoms with van der Waals surface area (Å²) in [5.74, 6) is 1.04. The van der Waals surface area contributed by atoms with Gasteiger partial charge in [-0.3, -0.25) is 4.79 Å². The topological polar surface area (TPSA) is 35.6 Å². The van der Waals surface area contributed by atoms with E-state index < -0.39 is 0 Å². The number of carbonyl (C=O) groups excluding carboxylic acids is 1. The maximum Gasteiger partial charge on any atom is 0.239 e. The number of nitrogens with zero attached hydrogens (tertiary/aromatic N) is 2. The zero-order chi connectivity index (χ0) is 12.3. The van der Waals surface area contributed by atoms with Crippen molar-refractivity contribution < 1.29 is 4.79 Å². The Morgan fingerprint density at radius 1 is 1.21 bits per heavy atom. The van der Waals surface area contributed by atoms with Crippen LogP contribution in [-0.4, -0.2) is 61.0 Å². The molecule has 2 aliphatic heterocycles. The van der Waals surface area contributed by atoms with E-state index in [1.807, 2.05) is 0 Å². The van der Waals surface area contributed by atoms with Gasteiger partial charge < -0.3 is 15.1 Å². The molecule has 1 N–H and O–H groups in total. The number of rotatable bonds is 3. The Morgan fingerprint density at radius 3 is 2.42 bits per heavy atom. The summed E-state index contributed by atoms with van der Waals surface area (Å²) in [6, 6.07) is 0.117. The fourth-order valence-electron chi connectivity index (χ4n) is 2.61. The molecule has 2 rings (SSSR count). The maximum absolute atomic E-state index is 12.1. The van der Waals surface area contributed by atoms with E-state index >= 15 is 0 Å². The highest BCUT2D eigenvalue weighted by molar-refractivity contribution is 5.85. The highest BCUT2D eigenvalue weighted by atomic mass is 35.5. The van der Waals surface area contributed by atoms with Gasteiger partial charge in [0.1, 0.15) is 0 Å². The smallest absolute Gasteiger partial charge is 0.239 e. The third kappa shape index (κ3) is 5.46. The fourth-order valence-corrected chi connectivity index (χ4v) is 2.61. The summed E-state index contributed by atoms with van der Waals surface area (Å²) in [7, 11) is 0. The number of hydrogen-bond acceptors (Lipinski definition) is 3. The molecule has 1 unspecified atom stereocenters. The summed E-state index contributed by atoms with van der Waals surface area (Å²) in [6.07, 6.45) is 2.14. The van der Waals surface area contributed by atoms with Crippen molar-refractivity contribution in [3.63, 3.8) is 0 Å². The molecule has 0 aliphatic carbocycles. The van der Waals surface area contributed by atoms with Crippen molar-refractivity contribution >= 4 is 30.7 Å². The molecule has 0 spiro atoms.